The maximum Gasteiger partial charge on any atom is 0.419 e. The topological polar surface area (TPSA) is 88.6 Å². The smallest absolute Gasteiger partial charge is 0.419 e. The number of pyridine rings is 1. The van der Waals surface area contributed by atoms with Gasteiger partial charge in [0.2, 0.25) is 0 Å². The Kier molecular flexibility index (Phi) is 5.74. The van der Waals surface area contributed by atoms with Crippen LogP contribution < -0.4 is 5.43 Å². The quantitative estimate of drug-likeness (QED) is 0.456. The van der Waals surface area contributed by atoms with Gasteiger partial charge in [0.1, 0.15) is 16.6 Å². The summed E-state index contributed by atoms with van der Waals surface area (Å²) in [5.74, 6) is -2.53. The van der Waals surface area contributed by atoms with Gasteiger partial charge in [-0.05, 0) is 39.8 Å². The van der Waals surface area contributed by atoms with Crippen molar-refractivity contribution in [3.05, 3.63) is 34.0 Å². The number of nitrogens with one attached hydrogen (secondary N) is 1. The molecule has 0 fully saturated rings. The first-order valence-electron chi connectivity index (χ1n) is 8.01. The number of carbonyl (C=O) groups is 3. The molecule has 11 heteroatoms. The number of nitrogens with zero attached hydrogens (tertiary/aromatic N) is 2. The molecule has 2 amide bonds. The molecule has 0 bridgehead atoms. The number of rotatable bonds is 4. The molecule has 152 valence electrons. The van der Waals surface area contributed by atoms with Crippen molar-refractivity contribution in [2.24, 2.45) is 0 Å². The highest BCUT2D eigenvalue weighted by Gasteiger charge is 2.39. The highest BCUT2D eigenvalue weighted by molar-refractivity contribution is 6.30. The Hall–Kier alpha value is -2.62. The second-order valence-electron chi connectivity index (χ2n) is 6.96. The van der Waals surface area contributed by atoms with Crippen LogP contribution in [-0.4, -0.2) is 33.4 Å². The Bertz CT molecular complexity index is 875. The van der Waals surface area contributed by atoms with E-state index in [0.29, 0.717) is 11.1 Å². The van der Waals surface area contributed by atoms with Crippen molar-refractivity contribution in [2.45, 2.75) is 45.9 Å². The summed E-state index contributed by atoms with van der Waals surface area (Å²) in [6.45, 7) is 6.32. The van der Waals surface area contributed by atoms with Crippen LogP contribution in [0.3, 0.4) is 0 Å². The molecule has 1 aliphatic rings. The van der Waals surface area contributed by atoms with Crippen molar-refractivity contribution in [3.63, 3.8) is 0 Å². The molecule has 0 aromatic carbocycles. The number of imide groups is 1. The fourth-order valence-electron chi connectivity index (χ4n) is 2.34. The van der Waals surface area contributed by atoms with Gasteiger partial charge in [0.15, 0.2) is 0 Å². The van der Waals surface area contributed by atoms with E-state index in [4.69, 9.17) is 16.3 Å². The molecule has 1 aromatic rings. The lowest BCUT2D eigenvalue weighted by atomic mass is 10.1. The third-order valence-electron chi connectivity index (χ3n) is 3.56. The first-order valence-corrected chi connectivity index (χ1v) is 8.39. The Morgan fingerprint density at radius 3 is 2.32 bits per heavy atom. The molecular weight excluding hydrogens is 403 g/mol. The molecule has 28 heavy (non-hydrogen) atoms. The zero-order valence-electron chi connectivity index (χ0n) is 15.4. The van der Waals surface area contributed by atoms with Crippen LogP contribution in [0.1, 0.15) is 39.7 Å². The number of halogens is 4. The highest BCUT2D eigenvalue weighted by Crippen LogP contribution is 2.34. The number of hydrazine groups is 1. The van der Waals surface area contributed by atoms with Gasteiger partial charge in [-0.15, -0.1) is 0 Å². The van der Waals surface area contributed by atoms with Crippen LogP contribution in [0.25, 0.3) is 0 Å². The summed E-state index contributed by atoms with van der Waals surface area (Å²) in [6.07, 6.45) is -5.12. The van der Waals surface area contributed by atoms with E-state index in [9.17, 15) is 27.6 Å². The molecule has 1 aliphatic heterocycles. The number of aromatic nitrogens is 1. The van der Waals surface area contributed by atoms with Crippen LogP contribution in [0.4, 0.5) is 19.0 Å². The minimum absolute atomic E-state index is 0.0152. The van der Waals surface area contributed by atoms with Gasteiger partial charge in [0.05, 0.1) is 12.0 Å². The van der Waals surface area contributed by atoms with E-state index < -0.39 is 46.7 Å². The van der Waals surface area contributed by atoms with Crippen LogP contribution >= 0.6 is 11.6 Å². The Morgan fingerprint density at radius 1 is 1.21 bits per heavy atom. The Morgan fingerprint density at radius 2 is 1.82 bits per heavy atom. The van der Waals surface area contributed by atoms with Gasteiger partial charge in [-0.3, -0.25) is 19.8 Å². The highest BCUT2D eigenvalue weighted by atomic mass is 35.5. The Labute approximate surface area is 163 Å². The molecule has 1 N–H and O–H groups in total. The summed E-state index contributed by atoms with van der Waals surface area (Å²) in [6, 6.07) is 1.60. The predicted molar refractivity (Wildman–Crippen MR) is 92.9 cm³/mol. The molecule has 2 rings (SSSR count). The first-order chi connectivity index (χ1) is 12.7. The lowest BCUT2D eigenvalue weighted by molar-refractivity contribution is -0.154. The van der Waals surface area contributed by atoms with Crippen molar-refractivity contribution in [3.8, 4) is 0 Å². The molecule has 0 spiro atoms. The molecule has 0 saturated heterocycles. The van der Waals surface area contributed by atoms with Gasteiger partial charge in [-0.25, -0.2) is 4.98 Å². The monoisotopic (exact) mass is 419 g/mol. The van der Waals surface area contributed by atoms with Crippen molar-refractivity contribution in [2.75, 3.05) is 5.43 Å². The molecular formula is C17H17ClF3N3O4. The summed E-state index contributed by atoms with van der Waals surface area (Å²) in [5, 5.41) is -0.281. The van der Waals surface area contributed by atoms with Crippen molar-refractivity contribution < 1.29 is 32.3 Å². The summed E-state index contributed by atoms with van der Waals surface area (Å²) >= 11 is 5.53. The molecule has 2 heterocycles. The molecule has 1 aromatic heterocycles. The van der Waals surface area contributed by atoms with E-state index >= 15 is 0 Å². The van der Waals surface area contributed by atoms with Crippen LogP contribution in [0.5, 0.6) is 0 Å². The maximum absolute atomic E-state index is 12.7. The molecule has 7 nitrogen and oxygen atoms in total. The number of alkyl halides is 3. The second kappa shape index (κ2) is 7.42. The summed E-state index contributed by atoms with van der Waals surface area (Å²) in [7, 11) is 0. The minimum atomic E-state index is -4.69. The minimum Gasteiger partial charge on any atom is -0.460 e. The molecule has 0 radical (unpaired) electrons. The number of ether oxygens (including phenoxy) is 1. The van der Waals surface area contributed by atoms with Crippen LogP contribution in [-0.2, 0) is 25.3 Å². The summed E-state index contributed by atoms with van der Waals surface area (Å²) in [4.78, 5) is 40.2. The number of amides is 2. The zero-order chi connectivity index (χ0) is 21.4. The first kappa shape index (κ1) is 21.7. The van der Waals surface area contributed by atoms with E-state index in [0.717, 1.165) is 6.07 Å². The van der Waals surface area contributed by atoms with Gasteiger partial charge in [0, 0.05) is 11.1 Å². The number of esters is 1. The number of hydrogen-bond donors (Lipinski definition) is 1. The van der Waals surface area contributed by atoms with Gasteiger partial charge in [0.25, 0.3) is 11.8 Å². The lowest BCUT2D eigenvalue weighted by Crippen LogP contribution is -2.37. The molecule has 0 saturated carbocycles. The van der Waals surface area contributed by atoms with E-state index in [-0.39, 0.29) is 17.0 Å². The van der Waals surface area contributed by atoms with Gasteiger partial charge >= 0.3 is 12.1 Å². The lowest BCUT2D eigenvalue weighted by Gasteiger charge is -2.20. The van der Waals surface area contributed by atoms with E-state index in [1.54, 1.807) is 20.8 Å². The van der Waals surface area contributed by atoms with Crippen molar-refractivity contribution in [1.29, 1.82) is 0 Å². The normalized spacial score (nSPS) is 15.4. The van der Waals surface area contributed by atoms with E-state index in [2.05, 4.69) is 10.4 Å². The van der Waals surface area contributed by atoms with Gasteiger partial charge in [-0.2, -0.15) is 18.2 Å². The summed E-state index contributed by atoms with van der Waals surface area (Å²) < 4.78 is 43.3. The summed E-state index contributed by atoms with van der Waals surface area (Å²) in [5.41, 5.74) is 0.334. The van der Waals surface area contributed by atoms with Crippen molar-refractivity contribution in [1.82, 2.24) is 9.99 Å². The van der Waals surface area contributed by atoms with E-state index in [1.165, 1.54) is 6.92 Å². The van der Waals surface area contributed by atoms with Crippen LogP contribution in [0.15, 0.2) is 23.3 Å². The zero-order valence-corrected chi connectivity index (χ0v) is 16.2. The third-order valence-corrected chi connectivity index (χ3v) is 3.85. The number of carbonyl (C=O) groups excluding carboxylic acids is 3. The fourth-order valence-corrected chi connectivity index (χ4v) is 2.60. The fraction of sp³-hybridized carbons (Fsp3) is 0.412. The average Bonchev–Trinajstić information content (AvgIpc) is 2.70. The second-order valence-corrected chi connectivity index (χ2v) is 7.31. The maximum atomic E-state index is 12.7. The standard InChI is InChI=1S/C17H17ClF3N3O4/c1-8-9(7-12(25)28-16(2,3)4)15(27)24(14(8)26)23-11-6-5-10(13(18)22-11)17(19,20)21/h5-6H,7H2,1-4H3,(H,22,23). The number of hydrogen-bond acceptors (Lipinski definition) is 6. The average molecular weight is 420 g/mol. The predicted octanol–water partition coefficient (Wildman–Crippen LogP) is 3.50. The van der Waals surface area contributed by atoms with Crippen LogP contribution in [0, 0.1) is 0 Å². The molecule has 0 unspecified atom stereocenters. The molecule has 0 atom stereocenters. The van der Waals surface area contributed by atoms with Crippen molar-refractivity contribution >= 4 is 35.2 Å². The van der Waals surface area contributed by atoms with Crippen LogP contribution in [0.2, 0.25) is 5.15 Å². The largest absolute Gasteiger partial charge is 0.460 e. The third kappa shape index (κ3) is 4.80. The van der Waals surface area contributed by atoms with E-state index in [1.807, 2.05) is 0 Å². The SMILES string of the molecule is CC1=C(CC(=O)OC(C)(C)C)C(=O)N(Nc2ccc(C(F)(F)F)c(Cl)n2)C1=O. The van der Waals surface area contributed by atoms with Gasteiger partial charge in [-0.1, -0.05) is 11.6 Å². The molecule has 0 aliphatic carbocycles. The number of anilines is 1. The Balaban J connectivity index is 2.17. The van der Waals surface area contributed by atoms with Gasteiger partial charge < -0.3 is 4.74 Å².